The Bertz CT molecular complexity index is 845. The van der Waals surface area contributed by atoms with Crippen molar-refractivity contribution >= 4 is 24.3 Å². The van der Waals surface area contributed by atoms with Gasteiger partial charge in [-0.1, -0.05) is 31.7 Å². The van der Waals surface area contributed by atoms with Crippen LogP contribution in [0.2, 0.25) is 0 Å². The standard InChI is InChI=1S/C23H33N5O5/c24-21(30)20-8-4-12-28(20,23(32)26-11-9-18-7-3-10-25-14-18)22(31)19(15-27(33)16-29)13-17-5-1-2-6-17/h3,7,10,14,16-17,19-20,33H,1-2,4-6,8-9,11-13,15H2,(H2-,24,26,30,32)/p+1/t19-,20+,28?/m1/s1. The summed E-state index contributed by atoms with van der Waals surface area (Å²) in [6.45, 7) is 0.225. The molecule has 0 radical (unpaired) electrons. The Morgan fingerprint density at radius 3 is 2.67 bits per heavy atom. The number of pyridine rings is 1. The van der Waals surface area contributed by atoms with E-state index >= 15 is 0 Å². The fourth-order valence-electron chi connectivity index (χ4n) is 5.37. The van der Waals surface area contributed by atoms with Crippen LogP contribution in [0.4, 0.5) is 4.79 Å². The minimum Gasteiger partial charge on any atom is -0.364 e. The van der Waals surface area contributed by atoms with Gasteiger partial charge < -0.3 is 11.1 Å². The summed E-state index contributed by atoms with van der Waals surface area (Å²) in [6.07, 6.45) is 9.51. The van der Waals surface area contributed by atoms with Crippen molar-refractivity contribution in [2.45, 2.75) is 57.4 Å². The lowest BCUT2D eigenvalue weighted by molar-refractivity contribution is -0.779. The molecule has 180 valence electrons. The predicted octanol–water partition coefficient (Wildman–Crippen LogP) is 1.37. The number of urea groups is 1. The van der Waals surface area contributed by atoms with Crippen molar-refractivity contribution in [3.8, 4) is 0 Å². The molecule has 1 aromatic rings. The number of imide groups is 1. The first-order valence-corrected chi connectivity index (χ1v) is 11.7. The molecule has 3 rings (SSSR count). The number of aromatic nitrogens is 1. The van der Waals surface area contributed by atoms with Crippen LogP contribution >= 0.6 is 0 Å². The van der Waals surface area contributed by atoms with Crippen molar-refractivity contribution in [2.75, 3.05) is 19.6 Å². The molecule has 5 amide bonds. The minimum absolute atomic E-state index is 0.166. The largest absolute Gasteiger partial charge is 0.424 e. The highest BCUT2D eigenvalue weighted by molar-refractivity contribution is 5.91. The summed E-state index contributed by atoms with van der Waals surface area (Å²) in [6, 6.07) is 2.17. The Kier molecular flexibility index (Phi) is 8.51. The molecule has 2 fully saturated rings. The van der Waals surface area contributed by atoms with Crippen molar-refractivity contribution in [2.24, 2.45) is 17.6 Å². The van der Waals surface area contributed by atoms with Crippen LogP contribution in [0, 0.1) is 11.8 Å². The summed E-state index contributed by atoms with van der Waals surface area (Å²) >= 11 is 0. The molecule has 1 saturated carbocycles. The fourth-order valence-corrected chi connectivity index (χ4v) is 5.37. The van der Waals surface area contributed by atoms with Crippen LogP contribution in [-0.4, -0.2) is 69.7 Å². The van der Waals surface area contributed by atoms with Crippen LogP contribution in [0.15, 0.2) is 24.5 Å². The van der Waals surface area contributed by atoms with E-state index < -0.39 is 34.3 Å². The summed E-state index contributed by atoms with van der Waals surface area (Å²) in [5.41, 5.74) is 6.58. The van der Waals surface area contributed by atoms with Crippen molar-refractivity contribution in [3.05, 3.63) is 30.1 Å². The second-order valence-electron chi connectivity index (χ2n) is 9.14. The summed E-state index contributed by atoms with van der Waals surface area (Å²) < 4.78 is -0.702. The summed E-state index contributed by atoms with van der Waals surface area (Å²) in [5, 5.41) is 13.1. The Balaban J connectivity index is 1.83. The topological polar surface area (TPSA) is 143 Å². The first-order valence-electron chi connectivity index (χ1n) is 11.7. The molecule has 0 spiro atoms. The minimum atomic E-state index is -0.967. The van der Waals surface area contributed by atoms with Crippen LogP contribution in [0.1, 0.15) is 50.5 Å². The second-order valence-corrected chi connectivity index (χ2v) is 9.14. The Morgan fingerprint density at radius 1 is 1.27 bits per heavy atom. The van der Waals surface area contributed by atoms with Gasteiger partial charge in [-0.05, 0) is 30.4 Å². The molecule has 3 atom stereocenters. The Labute approximate surface area is 193 Å². The van der Waals surface area contributed by atoms with Crippen LogP contribution in [0.5, 0.6) is 0 Å². The van der Waals surface area contributed by atoms with E-state index in [1.54, 1.807) is 18.5 Å². The number of hydrogen-bond acceptors (Lipinski definition) is 6. The monoisotopic (exact) mass is 460 g/mol. The van der Waals surface area contributed by atoms with Gasteiger partial charge in [0.15, 0.2) is 6.04 Å². The van der Waals surface area contributed by atoms with Crippen molar-refractivity contribution in [1.29, 1.82) is 0 Å². The quantitative estimate of drug-likeness (QED) is 0.208. The molecule has 1 aliphatic heterocycles. The van der Waals surface area contributed by atoms with Gasteiger partial charge in [0, 0.05) is 31.8 Å². The lowest BCUT2D eigenvalue weighted by Crippen LogP contribution is -2.68. The Morgan fingerprint density at radius 2 is 2.03 bits per heavy atom. The van der Waals surface area contributed by atoms with Gasteiger partial charge in [0.25, 0.3) is 5.91 Å². The average Bonchev–Trinajstić information content (AvgIpc) is 3.49. The molecule has 0 bridgehead atoms. The lowest BCUT2D eigenvalue weighted by atomic mass is 9.90. The second kappa shape index (κ2) is 11.3. The number of amides is 5. The SMILES string of the molecule is NC(=O)[C@@H]1CCC[N+]1(C(=O)NCCc1cccnc1)C(=O)[C@H](CC1CCCC1)CN(O)C=O. The predicted molar refractivity (Wildman–Crippen MR) is 118 cm³/mol. The molecule has 2 heterocycles. The summed E-state index contributed by atoms with van der Waals surface area (Å²) in [5.74, 6) is -1.64. The first kappa shape index (κ1) is 24.8. The van der Waals surface area contributed by atoms with E-state index in [0.29, 0.717) is 30.7 Å². The smallest absolute Gasteiger partial charge is 0.364 e. The highest BCUT2D eigenvalue weighted by Crippen LogP contribution is 2.36. The molecule has 1 saturated heterocycles. The third kappa shape index (κ3) is 5.75. The third-order valence-electron chi connectivity index (χ3n) is 6.99. The van der Waals surface area contributed by atoms with Crippen molar-refractivity contribution in [1.82, 2.24) is 15.4 Å². The number of nitrogens with two attached hydrogens (primary N) is 1. The molecule has 0 aromatic carbocycles. The summed E-state index contributed by atoms with van der Waals surface area (Å²) in [4.78, 5) is 54.9. The molecule has 2 aliphatic rings. The van der Waals surface area contributed by atoms with E-state index in [4.69, 9.17) is 5.73 Å². The number of carbonyl (C=O) groups is 4. The van der Waals surface area contributed by atoms with Crippen LogP contribution in [0.3, 0.4) is 0 Å². The molecule has 10 nitrogen and oxygen atoms in total. The highest BCUT2D eigenvalue weighted by atomic mass is 16.5. The zero-order valence-electron chi connectivity index (χ0n) is 18.9. The molecule has 10 heteroatoms. The number of quaternary nitrogens is 1. The first-order chi connectivity index (χ1) is 15.9. The van der Waals surface area contributed by atoms with E-state index in [1.165, 1.54) is 0 Å². The van der Waals surface area contributed by atoms with E-state index in [-0.39, 0.29) is 32.0 Å². The van der Waals surface area contributed by atoms with Gasteiger partial charge in [0.05, 0.1) is 19.0 Å². The van der Waals surface area contributed by atoms with Gasteiger partial charge in [-0.2, -0.15) is 4.48 Å². The van der Waals surface area contributed by atoms with Crippen LogP contribution in [0.25, 0.3) is 0 Å². The molecular formula is C23H34N5O5+. The number of nitrogens with zero attached hydrogens (tertiary/aromatic N) is 3. The number of carbonyl (C=O) groups excluding carboxylic acids is 4. The number of primary amides is 1. The van der Waals surface area contributed by atoms with Gasteiger partial charge >= 0.3 is 11.9 Å². The zero-order chi connectivity index (χ0) is 23.8. The molecule has 1 aliphatic carbocycles. The maximum atomic E-state index is 13.9. The highest BCUT2D eigenvalue weighted by Gasteiger charge is 2.58. The van der Waals surface area contributed by atoms with E-state index in [2.05, 4.69) is 10.3 Å². The third-order valence-corrected chi connectivity index (χ3v) is 6.99. The molecule has 1 aromatic heterocycles. The van der Waals surface area contributed by atoms with Crippen molar-refractivity contribution in [3.63, 3.8) is 0 Å². The molecule has 1 unspecified atom stereocenters. The lowest BCUT2D eigenvalue weighted by Gasteiger charge is -2.36. The molecule has 4 N–H and O–H groups in total. The van der Waals surface area contributed by atoms with Crippen LogP contribution in [-0.2, 0) is 20.8 Å². The van der Waals surface area contributed by atoms with Gasteiger partial charge in [-0.3, -0.25) is 19.8 Å². The number of hydrogen-bond donors (Lipinski definition) is 3. The maximum Gasteiger partial charge on any atom is 0.424 e. The maximum absolute atomic E-state index is 13.9. The van der Waals surface area contributed by atoms with Gasteiger partial charge in [-0.15, -0.1) is 0 Å². The van der Waals surface area contributed by atoms with Gasteiger partial charge in [0.2, 0.25) is 6.41 Å². The number of nitrogens with one attached hydrogen (secondary N) is 1. The molecular weight excluding hydrogens is 426 g/mol. The van der Waals surface area contributed by atoms with E-state index in [1.807, 2.05) is 6.07 Å². The fraction of sp³-hybridized carbons (Fsp3) is 0.609. The number of likely N-dealkylation sites (tertiary alicyclic amines) is 1. The van der Waals surface area contributed by atoms with Crippen molar-refractivity contribution < 1.29 is 28.9 Å². The average molecular weight is 461 g/mol. The normalized spacial score (nSPS) is 23.7. The Hall–Kier alpha value is -2.85. The van der Waals surface area contributed by atoms with Gasteiger partial charge in [0.1, 0.15) is 0 Å². The number of hydroxylamine groups is 2. The zero-order valence-corrected chi connectivity index (χ0v) is 18.9. The van der Waals surface area contributed by atoms with Gasteiger partial charge in [-0.25, -0.2) is 14.7 Å². The van der Waals surface area contributed by atoms with Crippen LogP contribution < -0.4 is 11.1 Å². The molecule has 33 heavy (non-hydrogen) atoms. The van der Waals surface area contributed by atoms with E-state index in [0.717, 1.165) is 31.2 Å². The van der Waals surface area contributed by atoms with E-state index in [9.17, 15) is 24.4 Å². The number of rotatable bonds is 10. The summed E-state index contributed by atoms with van der Waals surface area (Å²) in [7, 11) is 0.